The number of primary sulfonamides is 1. The summed E-state index contributed by atoms with van der Waals surface area (Å²) in [6.45, 7) is 0. The third kappa shape index (κ3) is 2.80. The van der Waals surface area contributed by atoms with E-state index in [1.54, 1.807) is 60.7 Å². The zero-order valence-electron chi connectivity index (χ0n) is 12.5. The normalized spacial score (nSPS) is 11.4. The van der Waals surface area contributed by atoms with Crippen molar-refractivity contribution >= 4 is 15.9 Å². The van der Waals surface area contributed by atoms with Crippen LogP contribution < -0.4 is 10.9 Å². The molecule has 0 atom stereocenters. The number of sulfonamides is 1. The standard InChI is InChI=1S/C16H14N4O3S/c17-16(21)14-15(24(18,22)23)13(11-7-3-1-4-8-11)19-20(14)12-9-5-2-6-10-12/h1-10H,(H2,17,21)(H2,18,22,23). The van der Waals surface area contributed by atoms with E-state index in [1.165, 1.54) is 4.68 Å². The zero-order valence-corrected chi connectivity index (χ0v) is 13.3. The van der Waals surface area contributed by atoms with Gasteiger partial charge >= 0.3 is 0 Å². The molecular formula is C16H14N4O3S. The Morgan fingerprint density at radius 3 is 2.00 bits per heavy atom. The molecule has 7 nitrogen and oxygen atoms in total. The van der Waals surface area contributed by atoms with Crippen molar-refractivity contribution in [1.29, 1.82) is 0 Å². The monoisotopic (exact) mass is 342 g/mol. The van der Waals surface area contributed by atoms with Crippen LogP contribution in [0.2, 0.25) is 0 Å². The van der Waals surface area contributed by atoms with Gasteiger partial charge in [0.2, 0.25) is 10.0 Å². The minimum Gasteiger partial charge on any atom is -0.364 e. The molecule has 0 saturated carbocycles. The number of rotatable bonds is 4. The number of para-hydroxylation sites is 1. The van der Waals surface area contributed by atoms with Crippen LogP contribution in [-0.2, 0) is 10.0 Å². The Balaban J connectivity index is 2.41. The first kappa shape index (κ1) is 15.9. The number of aromatic nitrogens is 2. The highest BCUT2D eigenvalue weighted by atomic mass is 32.2. The maximum Gasteiger partial charge on any atom is 0.268 e. The van der Waals surface area contributed by atoms with Crippen molar-refractivity contribution in [1.82, 2.24) is 9.78 Å². The molecule has 0 saturated heterocycles. The molecule has 0 aliphatic heterocycles. The Kier molecular flexibility index (Phi) is 3.92. The molecule has 0 spiro atoms. The van der Waals surface area contributed by atoms with Gasteiger partial charge in [-0.05, 0) is 12.1 Å². The predicted molar refractivity (Wildman–Crippen MR) is 88.9 cm³/mol. The van der Waals surface area contributed by atoms with Crippen LogP contribution >= 0.6 is 0 Å². The summed E-state index contributed by atoms with van der Waals surface area (Å²) in [6.07, 6.45) is 0. The van der Waals surface area contributed by atoms with Crippen molar-refractivity contribution < 1.29 is 13.2 Å². The summed E-state index contributed by atoms with van der Waals surface area (Å²) < 4.78 is 25.4. The van der Waals surface area contributed by atoms with E-state index in [0.29, 0.717) is 11.3 Å². The highest BCUT2D eigenvalue weighted by molar-refractivity contribution is 7.89. The van der Waals surface area contributed by atoms with Crippen LogP contribution in [0.5, 0.6) is 0 Å². The van der Waals surface area contributed by atoms with E-state index < -0.39 is 15.9 Å². The molecule has 0 radical (unpaired) electrons. The Bertz CT molecular complexity index is 997. The van der Waals surface area contributed by atoms with Gasteiger partial charge in [-0.3, -0.25) is 4.79 Å². The van der Waals surface area contributed by atoms with Gasteiger partial charge in [0.15, 0.2) is 5.69 Å². The molecule has 4 N–H and O–H groups in total. The molecule has 1 aromatic heterocycles. The van der Waals surface area contributed by atoms with Crippen LogP contribution in [0, 0.1) is 0 Å². The second-order valence-corrected chi connectivity index (χ2v) is 6.55. The topological polar surface area (TPSA) is 121 Å². The van der Waals surface area contributed by atoms with Crippen LogP contribution in [0.3, 0.4) is 0 Å². The average Bonchev–Trinajstić information content (AvgIpc) is 2.97. The molecule has 122 valence electrons. The number of benzene rings is 2. The number of hydrogen-bond acceptors (Lipinski definition) is 4. The maximum atomic E-state index is 12.1. The molecule has 3 rings (SSSR count). The number of carbonyl (C=O) groups is 1. The molecule has 1 amide bonds. The zero-order chi connectivity index (χ0) is 17.3. The first-order valence-corrected chi connectivity index (χ1v) is 8.50. The van der Waals surface area contributed by atoms with Crippen LogP contribution in [-0.4, -0.2) is 24.1 Å². The van der Waals surface area contributed by atoms with E-state index in [1.807, 2.05) is 0 Å². The summed E-state index contributed by atoms with van der Waals surface area (Å²) in [5.41, 5.74) is 6.24. The fourth-order valence-corrected chi connectivity index (χ4v) is 3.32. The lowest BCUT2D eigenvalue weighted by Crippen LogP contribution is -2.22. The first-order chi connectivity index (χ1) is 11.4. The van der Waals surface area contributed by atoms with Crippen molar-refractivity contribution in [3.63, 3.8) is 0 Å². The Labute approximate surface area is 138 Å². The van der Waals surface area contributed by atoms with Gasteiger partial charge in [0, 0.05) is 5.56 Å². The van der Waals surface area contributed by atoms with Crippen LogP contribution in [0.15, 0.2) is 65.6 Å². The fourth-order valence-electron chi connectivity index (χ4n) is 2.43. The van der Waals surface area contributed by atoms with E-state index in [9.17, 15) is 13.2 Å². The predicted octanol–water partition coefficient (Wildman–Crippen LogP) is 1.29. The molecule has 24 heavy (non-hydrogen) atoms. The van der Waals surface area contributed by atoms with Crippen molar-refractivity contribution in [3.05, 3.63) is 66.4 Å². The van der Waals surface area contributed by atoms with Crippen molar-refractivity contribution in [3.8, 4) is 16.9 Å². The van der Waals surface area contributed by atoms with Crippen LogP contribution in [0.1, 0.15) is 10.5 Å². The molecule has 3 aromatic rings. The van der Waals surface area contributed by atoms with Crippen molar-refractivity contribution in [2.24, 2.45) is 10.9 Å². The Morgan fingerprint density at radius 2 is 1.50 bits per heavy atom. The number of amides is 1. The smallest absolute Gasteiger partial charge is 0.268 e. The number of hydrogen-bond donors (Lipinski definition) is 2. The van der Waals surface area contributed by atoms with Gasteiger partial charge in [-0.1, -0.05) is 48.5 Å². The Morgan fingerprint density at radius 1 is 0.958 bits per heavy atom. The second kappa shape index (κ2) is 5.91. The van der Waals surface area contributed by atoms with Crippen LogP contribution in [0.25, 0.3) is 16.9 Å². The molecule has 0 bridgehead atoms. The van der Waals surface area contributed by atoms with Gasteiger partial charge in [0.1, 0.15) is 10.6 Å². The number of nitrogens with zero attached hydrogens (tertiary/aromatic N) is 2. The molecule has 0 unspecified atom stereocenters. The lowest BCUT2D eigenvalue weighted by atomic mass is 10.1. The summed E-state index contributed by atoms with van der Waals surface area (Å²) in [4.78, 5) is 11.6. The van der Waals surface area contributed by atoms with Gasteiger partial charge in [-0.2, -0.15) is 5.10 Å². The molecule has 0 aliphatic rings. The third-order valence-electron chi connectivity index (χ3n) is 3.41. The van der Waals surface area contributed by atoms with E-state index in [2.05, 4.69) is 5.10 Å². The van der Waals surface area contributed by atoms with Crippen molar-refractivity contribution in [2.75, 3.05) is 0 Å². The lowest BCUT2D eigenvalue weighted by molar-refractivity contribution is 0.0989. The fraction of sp³-hybridized carbons (Fsp3) is 0. The van der Waals surface area contributed by atoms with Crippen molar-refractivity contribution in [2.45, 2.75) is 4.90 Å². The second-order valence-electron chi connectivity index (χ2n) is 5.05. The molecule has 2 aromatic carbocycles. The summed E-state index contributed by atoms with van der Waals surface area (Å²) in [6, 6.07) is 17.2. The SMILES string of the molecule is NC(=O)c1c(S(N)(=O)=O)c(-c2ccccc2)nn1-c1ccccc1. The summed E-state index contributed by atoms with van der Waals surface area (Å²) in [7, 11) is -4.23. The quantitative estimate of drug-likeness (QED) is 0.742. The molecule has 0 fully saturated rings. The van der Waals surface area contributed by atoms with E-state index >= 15 is 0 Å². The highest BCUT2D eigenvalue weighted by Gasteiger charge is 2.30. The molecule has 1 heterocycles. The number of nitrogens with two attached hydrogens (primary N) is 2. The van der Waals surface area contributed by atoms with Crippen LogP contribution in [0.4, 0.5) is 0 Å². The van der Waals surface area contributed by atoms with E-state index in [-0.39, 0.29) is 16.3 Å². The average molecular weight is 342 g/mol. The molecular weight excluding hydrogens is 328 g/mol. The summed E-state index contributed by atoms with van der Waals surface area (Å²) >= 11 is 0. The molecule has 0 aliphatic carbocycles. The summed E-state index contributed by atoms with van der Waals surface area (Å²) in [5, 5.41) is 9.63. The minimum absolute atomic E-state index is 0.0794. The van der Waals surface area contributed by atoms with E-state index in [0.717, 1.165) is 0 Å². The number of carbonyl (C=O) groups excluding carboxylic acids is 1. The van der Waals surface area contributed by atoms with Gasteiger partial charge in [-0.25, -0.2) is 18.2 Å². The summed E-state index contributed by atoms with van der Waals surface area (Å²) in [5.74, 6) is -0.933. The molecule has 8 heteroatoms. The largest absolute Gasteiger partial charge is 0.364 e. The van der Waals surface area contributed by atoms with Gasteiger partial charge in [0.05, 0.1) is 5.69 Å². The minimum atomic E-state index is -4.23. The Hall–Kier alpha value is -2.97. The lowest BCUT2D eigenvalue weighted by Gasteiger charge is -2.05. The van der Waals surface area contributed by atoms with Gasteiger partial charge in [-0.15, -0.1) is 0 Å². The van der Waals surface area contributed by atoms with Gasteiger partial charge in [0.25, 0.3) is 5.91 Å². The number of primary amides is 1. The van der Waals surface area contributed by atoms with E-state index in [4.69, 9.17) is 10.9 Å². The van der Waals surface area contributed by atoms with Gasteiger partial charge < -0.3 is 5.73 Å². The first-order valence-electron chi connectivity index (χ1n) is 6.96. The third-order valence-corrected chi connectivity index (χ3v) is 4.36. The highest BCUT2D eigenvalue weighted by Crippen LogP contribution is 2.30. The maximum absolute atomic E-state index is 12.1.